The van der Waals surface area contributed by atoms with Gasteiger partial charge in [-0.2, -0.15) is 5.10 Å². The molecule has 0 unspecified atom stereocenters. The van der Waals surface area contributed by atoms with Crippen LogP contribution in [0, 0.1) is 0 Å². The van der Waals surface area contributed by atoms with Gasteiger partial charge in [-0.1, -0.05) is 57.5 Å². The molecule has 0 fully saturated rings. The number of hydrogen-bond acceptors (Lipinski definition) is 6. The molecule has 0 saturated carbocycles. The van der Waals surface area contributed by atoms with Gasteiger partial charge in [0.2, 0.25) is 0 Å². The van der Waals surface area contributed by atoms with Gasteiger partial charge in [0, 0.05) is 38.7 Å². The van der Waals surface area contributed by atoms with Crippen molar-refractivity contribution in [3.63, 3.8) is 0 Å². The number of carbonyl (C=O) groups excluding carboxylic acids is 1. The van der Waals surface area contributed by atoms with E-state index in [0.29, 0.717) is 21.7 Å². The van der Waals surface area contributed by atoms with Crippen LogP contribution in [0.15, 0.2) is 87.8 Å². The molecular formula is C23H18BrClN6OS. The van der Waals surface area contributed by atoms with Crippen molar-refractivity contribution in [2.45, 2.75) is 12.1 Å². The Balaban J connectivity index is 1.53. The molecule has 7 nitrogen and oxygen atoms in total. The van der Waals surface area contributed by atoms with Crippen molar-refractivity contribution in [1.29, 1.82) is 0 Å². The van der Waals surface area contributed by atoms with Crippen molar-refractivity contribution in [1.82, 2.24) is 25.2 Å². The number of nitrogens with one attached hydrogen (secondary N) is 1. The Hall–Kier alpha value is -3.01. The monoisotopic (exact) mass is 540 g/mol. The van der Waals surface area contributed by atoms with E-state index in [9.17, 15) is 4.79 Å². The minimum Gasteiger partial charge on any atom is -0.272 e. The van der Waals surface area contributed by atoms with Gasteiger partial charge in [0.25, 0.3) is 5.91 Å². The van der Waals surface area contributed by atoms with Crippen LogP contribution in [0.5, 0.6) is 0 Å². The number of thioether (sulfide) groups is 1. The normalized spacial score (nSPS) is 11.4. The van der Waals surface area contributed by atoms with Crippen molar-refractivity contribution in [3.05, 3.63) is 88.1 Å². The summed E-state index contributed by atoms with van der Waals surface area (Å²) in [4.78, 5) is 16.5. The van der Waals surface area contributed by atoms with Crippen LogP contribution in [0.3, 0.4) is 0 Å². The molecule has 0 atom stereocenters. The Labute approximate surface area is 208 Å². The van der Waals surface area contributed by atoms with E-state index < -0.39 is 0 Å². The highest BCUT2D eigenvalue weighted by Gasteiger charge is 2.17. The van der Waals surface area contributed by atoms with Crippen LogP contribution in [0.25, 0.3) is 17.1 Å². The number of nitrogens with zero attached hydrogens (tertiary/aromatic N) is 5. The highest BCUT2D eigenvalue weighted by Crippen LogP contribution is 2.28. The SMILES string of the molecule is CC(=NNC(=O)CSc1nnc(-c2ccncc2)n1-c1ccc(Br)cc1)c1ccccc1Cl. The number of aromatic nitrogens is 4. The van der Waals surface area contributed by atoms with Crippen molar-refractivity contribution in [2.24, 2.45) is 5.10 Å². The first kappa shape index (κ1) is 23.2. The zero-order chi connectivity index (χ0) is 23.2. The molecule has 0 saturated heterocycles. The molecule has 0 spiro atoms. The second kappa shape index (κ2) is 10.7. The third kappa shape index (κ3) is 5.68. The van der Waals surface area contributed by atoms with E-state index in [1.165, 1.54) is 11.8 Å². The van der Waals surface area contributed by atoms with Gasteiger partial charge in [-0.25, -0.2) is 5.43 Å². The largest absolute Gasteiger partial charge is 0.272 e. The molecule has 2 heterocycles. The third-order valence-corrected chi connectivity index (χ3v) is 6.39. The predicted molar refractivity (Wildman–Crippen MR) is 135 cm³/mol. The van der Waals surface area contributed by atoms with Gasteiger partial charge in [0.05, 0.1) is 11.5 Å². The number of benzene rings is 2. The van der Waals surface area contributed by atoms with Crippen LogP contribution < -0.4 is 5.43 Å². The lowest BCUT2D eigenvalue weighted by Crippen LogP contribution is -2.21. The van der Waals surface area contributed by atoms with Crippen LogP contribution in [-0.4, -0.2) is 37.1 Å². The molecule has 4 aromatic rings. The molecule has 2 aromatic carbocycles. The van der Waals surface area contributed by atoms with Gasteiger partial charge in [0.1, 0.15) is 0 Å². The summed E-state index contributed by atoms with van der Waals surface area (Å²) in [5, 5.41) is 14.0. The Kier molecular flexibility index (Phi) is 7.54. The summed E-state index contributed by atoms with van der Waals surface area (Å²) < 4.78 is 2.88. The summed E-state index contributed by atoms with van der Waals surface area (Å²) in [5.74, 6) is 0.516. The highest BCUT2D eigenvalue weighted by atomic mass is 79.9. The van der Waals surface area contributed by atoms with E-state index in [0.717, 1.165) is 21.3 Å². The summed E-state index contributed by atoms with van der Waals surface area (Å²) in [7, 11) is 0. The average Bonchev–Trinajstić information content (AvgIpc) is 3.26. The van der Waals surface area contributed by atoms with E-state index in [1.807, 2.05) is 59.2 Å². The zero-order valence-electron chi connectivity index (χ0n) is 17.4. The van der Waals surface area contributed by atoms with Gasteiger partial charge in [-0.3, -0.25) is 14.3 Å². The molecule has 166 valence electrons. The topological polar surface area (TPSA) is 85.1 Å². The molecule has 2 aromatic heterocycles. The fraction of sp³-hybridized carbons (Fsp3) is 0.0870. The smallest absolute Gasteiger partial charge is 0.250 e. The highest BCUT2D eigenvalue weighted by molar-refractivity contribution is 9.10. The first-order valence-corrected chi connectivity index (χ1v) is 12.0. The maximum atomic E-state index is 12.5. The predicted octanol–water partition coefficient (Wildman–Crippen LogP) is 5.38. The van der Waals surface area contributed by atoms with Crippen LogP contribution in [0.4, 0.5) is 0 Å². The standard InChI is InChI=1S/C23H18BrClN6OS/c1-15(19-4-2-3-5-20(19)25)27-28-21(32)14-33-23-30-29-22(16-10-12-26-13-11-16)31(23)18-8-6-17(24)7-9-18/h2-13H,14H2,1H3,(H,28,32). The fourth-order valence-corrected chi connectivity index (χ4v) is 4.28. The molecule has 0 radical (unpaired) electrons. The summed E-state index contributed by atoms with van der Waals surface area (Å²) in [6, 6.07) is 18.9. The third-order valence-electron chi connectivity index (χ3n) is 4.60. The second-order valence-corrected chi connectivity index (χ2v) is 9.12. The molecule has 0 aliphatic rings. The molecule has 0 aliphatic heterocycles. The summed E-state index contributed by atoms with van der Waals surface area (Å²) >= 11 is 10.9. The molecule has 4 rings (SSSR count). The van der Waals surface area contributed by atoms with Crippen molar-refractivity contribution >= 4 is 50.9 Å². The maximum absolute atomic E-state index is 12.5. The molecular weight excluding hydrogens is 524 g/mol. The minimum absolute atomic E-state index is 0.115. The van der Waals surface area contributed by atoms with Gasteiger partial charge in [-0.15, -0.1) is 10.2 Å². The second-order valence-electron chi connectivity index (χ2n) is 6.85. The Morgan fingerprint density at radius 2 is 1.82 bits per heavy atom. The number of rotatable bonds is 7. The quantitative estimate of drug-likeness (QED) is 0.193. The molecule has 0 bridgehead atoms. The van der Waals surface area contributed by atoms with E-state index in [2.05, 4.69) is 41.6 Å². The first-order chi connectivity index (χ1) is 16.0. The van der Waals surface area contributed by atoms with Crippen LogP contribution >= 0.6 is 39.3 Å². The van der Waals surface area contributed by atoms with Gasteiger partial charge in [0.15, 0.2) is 11.0 Å². The summed E-state index contributed by atoms with van der Waals surface area (Å²) in [5.41, 5.74) is 5.72. The molecule has 1 amide bonds. The van der Waals surface area contributed by atoms with Crippen molar-refractivity contribution < 1.29 is 4.79 Å². The zero-order valence-corrected chi connectivity index (χ0v) is 20.6. The first-order valence-electron chi connectivity index (χ1n) is 9.85. The van der Waals surface area contributed by atoms with E-state index in [1.54, 1.807) is 25.4 Å². The minimum atomic E-state index is -0.262. The van der Waals surface area contributed by atoms with Crippen molar-refractivity contribution in [2.75, 3.05) is 5.75 Å². The van der Waals surface area contributed by atoms with E-state index in [-0.39, 0.29) is 11.7 Å². The fourth-order valence-electron chi connectivity index (χ4n) is 3.00. The number of carbonyl (C=O) groups is 1. The number of halogens is 2. The van der Waals surface area contributed by atoms with Gasteiger partial charge < -0.3 is 0 Å². The number of hydrogen-bond donors (Lipinski definition) is 1. The summed E-state index contributed by atoms with van der Waals surface area (Å²) in [6.07, 6.45) is 3.41. The lowest BCUT2D eigenvalue weighted by molar-refractivity contribution is -0.118. The Bertz CT molecular complexity index is 1290. The molecule has 0 aliphatic carbocycles. The van der Waals surface area contributed by atoms with E-state index in [4.69, 9.17) is 11.6 Å². The number of hydrazone groups is 1. The number of pyridine rings is 1. The molecule has 1 N–H and O–H groups in total. The lowest BCUT2D eigenvalue weighted by atomic mass is 10.1. The van der Waals surface area contributed by atoms with Crippen LogP contribution in [-0.2, 0) is 4.79 Å². The van der Waals surface area contributed by atoms with Gasteiger partial charge in [-0.05, 0) is 49.4 Å². The Morgan fingerprint density at radius 1 is 1.09 bits per heavy atom. The maximum Gasteiger partial charge on any atom is 0.250 e. The number of amides is 1. The summed E-state index contributed by atoms with van der Waals surface area (Å²) in [6.45, 7) is 1.79. The Morgan fingerprint density at radius 3 is 2.55 bits per heavy atom. The molecule has 10 heteroatoms. The van der Waals surface area contributed by atoms with E-state index >= 15 is 0 Å². The van der Waals surface area contributed by atoms with Crippen molar-refractivity contribution in [3.8, 4) is 17.1 Å². The molecule has 33 heavy (non-hydrogen) atoms. The average molecular weight is 542 g/mol. The van der Waals surface area contributed by atoms with Gasteiger partial charge >= 0.3 is 0 Å². The van der Waals surface area contributed by atoms with Crippen LogP contribution in [0.1, 0.15) is 12.5 Å². The lowest BCUT2D eigenvalue weighted by Gasteiger charge is -2.10. The van der Waals surface area contributed by atoms with Crippen LogP contribution in [0.2, 0.25) is 5.02 Å².